The Labute approximate surface area is 185 Å². The zero-order valence-corrected chi connectivity index (χ0v) is 18.1. The van der Waals surface area contributed by atoms with E-state index in [1.165, 1.54) is 11.3 Å². The first kappa shape index (κ1) is 20.7. The molecule has 4 rings (SSSR count). The molecule has 10 heteroatoms. The minimum atomic E-state index is -0.460. The highest BCUT2D eigenvalue weighted by Crippen LogP contribution is 2.33. The highest BCUT2D eigenvalue weighted by molar-refractivity contribution is 7.17. The van der Waals surface area contributed by atoms with Crippen LogP contribution in [-0.4, -0.2) is 29.8 Å². The molecule has 2 aromatic carbocycles. The number of benzene rings is 2. The van der Waals surface area contributed by atoms with Crippen molar-refractivity contribution in [1.82, 2.24) is 4.57 Å². The number of carbonyl (C=O) groups excluding carboxylic acids is 2. The van der Waals surface area contributed by atoms with E-state index in [1.54, 1.807) is 41.8 Å². The Balaban J connectivity index is 1.72. The highest BCUT2D eigenvalue weighted by atomic mass is 35.5. The summed E-state index contributed by atoms with van der Waals surface area (Å²) in [7, 11) is 0. The van der Waals surface area contributed by atoms with Crippen molar-refractivity contribution in [3.63, 3.8) is 0 Å². The van der Waals surface area contributed by atoms with Crippen molar-refractivity contribution in [1.29, 1.82) is 0 Å². The molecule has 30 heavy (non-hydrogen) atoms. The summed E-state index contributed by atoms with van der Waals surface area (Å²) >= 11 is 13.8. The van der Waals surface area contributed by atoms with Gasteiger partial charge in [-0.3, -0.25) is 9.59 Å². The predicted molar refractivity (Wildman–Crippen MR) is 113 cm³/mol. The van der Waals surface area contributed by atoms with Crippen molar-refractivity contribution < 1.29 is 23.8 Å². The molecule has 156 valence electrons. The van der Waals surface area contributed by atoms with Gasteiger partial charge in [0.05, 0.1) is 33.3 Å². The average Bonchev–Trinajstić information content (AvgIpc) is 3.30. The van der Waals surface area contributed by atoms with E-state index in [-0.39, 0.29) is 32.3 Å². The van der Waals surface area contributed by atoms with Gasteiger partial charge in [0.2, 0.25) is 6.79 Å². The van der Waals surface area contributed by atoms with Crippen molar-refractivity contribution in [3.05, 3.63) is 50.7 Å². The minimum absolute atomic E-state index is 0.0613. The fourth-order valence-corrected chi connectivity index (χ4v) is 4.71. The number of carbonyl (C=O) groups is 2. The molecule has 0 fully saturated rings. The number of esters is 1. The highest BCUT2D eigenvalue weighted by Gasteiger charge is 2.18. The molecule has 0 bridgehead atoms. The van der Waals surface area contributed by atoms with E-state index in [0.29, 0.717) is 36.6 Å². The first-order valence-corrected chi connectivity index (χ1v) is 10.6. The molecule has 0 saturated carbocycles. The molecule has 0 unspecified atom stereocenters. The quantitative estimate of drug-likeness (QED) is 0.531. The summed E-state index contributed by atoms with van der Waals surface area (Å²) in [6.45, 7) is 1.99. The third kappa shape index (κ3) is 4.16. The van der Waals surface area contributed by atoms with Crippen LogP contribution in [0.25, 0.3) is 10.2 Å². The number of ether oxygens (including phenoxy) is 3. The Hall–Kier alpha value is -2.55. The second-order valence-corrected chi connectivity index (χ2v) is 8.14. The second-order valence-electron chi connectivity index (χ2n) is 6.35. The van der Waals surface area contributed by atoms with Crippen LogP contribution in [0.1, 0.15) is 12.5 Å². The van der Waals surface area contributed by atoms with E-state index in [1.807, 2.05) is 0 Å². The number of nitrogens with zero attached hydrogens (tertiary/aromatic N) is 2. The van der Waals surface area contributed by atoms with E-state index < -0.39 is 5.97 Å². The summed E-state index contributed by atoms with van der Waals surface area (Å²) in [6.07, 6.45) is 0.0613. The number of rotatable bonds is 5. The van der Waals surface area contributed by atoms with Gasteiger partial charge in [-0.25, -0.2) is 0 Å². The molecule has 0 spiro atoms. The number of thiazole rings is 1. The number of hydrogen-bond donors (Lipinski definition) is 0. The molecule has 0 atom stereocenters. The average molecular weight is 467 g/mol. The number of fused-ring (bicyclic) bond motifs is 2. The molecular weight excluding hydrogens is 451 g/mol. The molecular formula is C20H16Cl2N2O5S. The molecule has 1 aliphatic rings. The molecule has 1 amide bonds. The summed E-state index contributed by atoms with van der Waals surface area (Å²) < 4.78 is 17.9. The number of halogens is 2. The Morgan fingerprint density at radius 2 is 1.93 bits per heavy atom. The fraction of sp³-hybridized carbons (Fsp3) is 0.250. The molecule has 7 nitrogen and oxygen atoms in total. The number of amides is 1. The van der Waals surface area contributed by atoms with Gasteiger partial charge in [0.15, 0.2) is 16.3 Å². The summed E-state index contributed by atoms with van der Waals surface area (Å²) in [4.78, 5) is 29.3. The van der Waals surface area contributed by atoms with Gasteiger partial charge >= 0.3 is 5.97 Å². The molecule has 0 aliphatic carbocycles. The topological polar surface area (TPSA) is 79.1 Å². The largest absolute Gasteiger partial charge is 0.465 e. The maximum Gasteiger partial charge on any atom is 0.326 e. The molecule has 0 saturated heterocycles. The van der Waals surface area contributed by atoms with Gasteiger partial charge in [-0.15, -0.1) is 0 Å². The lowest BCUT2D eigenvalue weighted by Gasteiger charge is -2.06. The first-order valence-electron chi connectivity index (χ1n) is 9.05. The van der Waals surface area contributed by atoms with Gasteiger partial charge in [0.1, 0.15) is 6.54 Å². The lowest BCUT2D eigenvalue weighted by Crippen LogP contribution is -2.23. The van der Waals surface area contributed by atoms with Gasteiger partial charge < -0.3 is 18.8 Å². The Bertz CT molecular complexity index is 1220. The van der Waals surface area contributed by atoms with Crippen molar-refractivity contribution >= 4 is 56.6 Å². The van der Waals surface area contributed by atoms with Crippen LogP contribution in [0, 0.1) is 0 Å². The molecule has 0 radical (unpaired) electrons. The van der Waals surface area contributed by atoms with E-state index in [2.05, 4.69) is 4.99 Å². The van der Waals surface area contributed by atoms with Crippen LogP contribution in [0.5, 0.6) is 11.5 Å². The van der Waals surface area contributed by atoms with E-state index in [0.717, 1.165) is 5.56 Å². The Morgan fingerprint density at radius 3 is 2.73 bits per heavy atom. The molecule has 2 heterocycles. The van der Waals surface area contributed by atoms with Gasteiger partial charge in [-0.1, -0.05) is 40.6 Å². The van der Waals surface area contributed by atoms with Crippen molar-refractivity contribution in [2.24, 2.45) is 4.99 Å². The van der Waals surface area contributed by atoms with Crippen LogP contribution >= 0.6 is 34.5 Å². The van der Waals surface area contributed by atoms with Crippen molar-refractivity contribution in [2.75, 3.05) is 13.4 Å². The monoisotopic (exact) mass is 466 g/mol. The maximum absolute atomic E-state index is 12.7. The number of hydrogen-bond acceptors (Lipinski definition) is 6. The molecule has 1 aliphatic heterocycles. The Kier molecular flexibility index (Phi) is 5.99. The molecule has 1 aromatic heterocycles. The predicted octanol–water partition coefficient (Wildman–Crippen LogP) is 3.97. The second kappa shape index (κ2) is 8.67. The SMILES string of the molecule is CCOC(=O)Cn1c(=NC(=O)Cc2ccc3c(c2)OCO3)sc2c(Cl)ccc(Cl)c21. The first-order chi connectivity index (χ1) is 14.5. The van der Waals surface area contributed by atoms with Crippen LogP contribution in [0.2, 0.25) is 10.0 Å². The van der Waals surface area contributed by atoms with Crippen LogP contribution in [0.15, 0.2) is 35.3 Å². The summed E-state index contributed by atoms with van der Waals surface area (Å²) in [5, 5.41) is 0.862. The van der Waals surface area contributed by atoms with Gasteiger partial charge in [0.25, 0.3) is 5.91 Å². The lowest BCUT2D eigenvalue weighted by atomic mass is 10.1. The zero-order valence-electron chi connectivity index (χ0n) is 15.8. The minimum Gasteiger partial charge on any atom is -0.465 e. The number of aromatic nitrogens is 1. The van der Waals surface area contributed by atoms with E-state index >= 15 is 0 Å². The summed E-state index contributed by atoms with van der Waals surface area (Å²) in [5.74, 6) is 0.394. The molecule has 3 aromatic rings. The van der Waals surface area contributed by atoms with E-state index in [4.69, 9.17) is 37.4 Å². The van der Waals surface area contributed by atoms with Crippen molar-refractivity contribution in [3.8, 4) is 11.5 Å². The standard InChI is InChI=1S/C20H16Cl2N2O5S/c1-2-27-17(26)9-24-18-12(21)4-5-13(22)19(18)30-20(24)23-16(25)8-11-3-6-14-15(7-11)29-10-28-14/h3-7H,2,8-10H2,1H3. The van der Waals surface area contributed by atoms with Crippen LogP contribution in [0.3, 0.4) is 0 Å². The fourth-order valence-electron chi connectivity index (χ4n) is 3.05. The van der Waals surface area contributed by atoms with Crippen molar-refractivity contribution in [2.45, 2.75) is 19.9 Å². The third-order valence-electron chi connectivity index (χ3n) is 4.33. The van der Waals surface area contributed by atoms with Gasteiger partial charge in [0, 0.05) is 0 Å². The maximum atomic E-state index is 12.7. The summed E-state index contributed by atoms with van der Waals surface area (Å²) in [5.41, 5.74) is 1.28. The van der Waals surface area contributed by atoms with E-state index in [9.17, 15) is 9.59 Å². The summed E-state index contributed by atoms with van der Waals surface area (Å²) in [6, 6.07) is 8.59. The molecule has 0 N–H and O–H groups in total. The van der Waals surface area contributed by atoms with Crippen LogP contribution < -0.4 is 14.3 Å². The normalized spacial score (nSPS) is 13.1. The van der Waals surface area contributed by atoms with Crippen LogP contribution in [0.4, 0.5) is 0 Å². The third-order valence-corrected chi connectivity index (χ3v) is 6.18. The van der Waals surface area contributed by atoms with Crippen LogP contribution in [-0.2, 0) is 27.3 Å². The Morgan fingerprint density at radius 1 is 1.17 bits per heavy atom. The van der Waals surface area contributed by atoms with Gasteiger partial charge in [-0.2, -0.15) is 4.99 Å². The lowest BCUT2D eigenvalue weighted by molar-refractivity contribution is -0.143. The smallest absolute Gasteiger partial charge is 0.326 e. The zero-order chi connectivity index (χ0) is 21.3. The van der Waals surface area contributed by atoms with Gasteiger partial charge in [-0.05, 0) is 36.8 Å².